The van der Waals surface area contributed by atoms with Crippen LogP contribution in [0.2, 0.25) is 10.0 Å². The zero-order valence-electron chi connectivity index (χ0n) is 12.3. The Bertz CT molecular complexity index is 1020. The SMILES string of the molecule is O=C1NC(=O)C(=Cc2ccc(-c3nc4cc(Cl)c(Cl)cc4[nH]3)nc2)S1. The van der Waals surface area contributed by atoms with Gasteiger partial charge in [0, 0.05) is 6.20 Å². The van der Waals surface area contributed by atoms with Crippen LogP contribution < -0.4 is 5.32 Å². The van der Waals surface area contributed by atoms with Crippen LogP contribution in [0.5, 0.6) is 0 Å². The average Bonchev–Trinajstić information content (AvgIpc) is 3.11. The topological polar surface area (TPSA) is 87.7 Å². The number of rotatable bonds is 2. The summed E-state index contributed by atoms with van der Waals surface area (Å²) in [6.45, 7) is 0. The quantitative estimate of drug-likeness (QED) is 0.638. The van der Waals surface area contributed by atoms with Crippen LogP contribution >= 0.6 is 35.0 Å². The number of aromatic amines is 1. The molecule has 2 amide bonds. The number of fused-ring (bicyclic) bond motifs is 1. The highest BCUT2D eigenvalue weighted by molar-refractivity contribution is 8.18. The Morgan fingerprint density at radius 1 is 1.12 bits per heavy atom. The number of aromatic nitrogens is 3. The minimum atomic E-state index is -0.398. The fraction of sp³-hybridized carbons (Fsp3) is 0. The molecule has 0 unspecified atom stereocenters. The van der Waals surface area contributed by atoms with Crippen molar-refractivity contribution in [3.63, 3.8) is 0 Å². The predicted molar refractivity (Wildman–Crippen MR) is 98.5 cm³/mol. The number of carbonyl (C=O) groups excluding carboxylic acids is 2. The summed E-state index contributed by atoms with van der Waals surface area (Å²) in [7, 11) is 0. The van der Waals surface area contributed by atoms with Crippen molar-refractivity contribution < 1.29 is 9.59 Å². The first kappa shape index (κ1) is 16.1. The van der Waals surface area contributed by atoms with Crippen molar-refractivity contribution in [2.45, 2.75) is 0 Å². The number of carbonyl (C=O) groups is 2. The van der Waals surface area contributed by atoms with Crippen LogP contribution in [-0.2, 0) is 4.79 Å². The molecule has 0 atom stereocenters. The molecule has 3 heterocycles. The molecule has 1 aromatic carbocycles. The second-order valence-electron chi connectivity index (χ2n) is 5.20. The lowest BCUT2D eigenvalue weighted by atomic mass is 10.2. The van der Waals surface area contributed by atoms with Crippen LogP contribution in [0, 0.1) is 0 Å². The van der Waals surface area contributed by atoms with Crippen molar-refractivity contribution in [1.29, 1.82) is 0 Å². The molecule has 0 aliphatic carbocycles. The van der Waals surface area contributed by atoms with E-state index in [1.807, 2.05) is 0 Å². The highest BCUT2D eigenvalue weighted by Gasteiger charge is 2.24. The van der Waals surface area contributed by atoms with Gasteiger partial charge in [-0.1, -0.05) is 29.3 Å². The third-order valence-corrected chi connectivity index (χ3v) is 5.03. The zero-order valence-corrected chi connectivity index (χ0v) is 14.7. The number of pyridine rings is 1. The first-order chi connectivity index (χ1) is 12.0. The number of hydrogen-bond acceptors (Lipinski definition) is 5. The van der Waals surface area contributed by atoms with E-state index < -0.39 is 5.91 Å². The molecule has 1 aliphatic heterocycles. The van der Waals surface area contributed by atoms with E-state index in [9.17, 15) is 9.59 Å². The molecule has 6 nitrogen and oxygen atoms in total. The maximum atomic E-state index is 11.6. The largest absolute Gasteiger partial charge is 0.337 e. The normalized spacial score (nSPS) is 16.0. The Balaban J connectivity index is 1.65. The standard InChI is InChI=1S/C16H8Cl2N4O2S/c17-8-4-11-12(5-9(8)18)21-14(20-11)10-2-1-7(6-19-10)3-13-15(23)22-16(24)25-13/h1-6H,(H,20,21)(H,22,23,24). The van der Waals surface area contributed by atoms with E-state index in [1.54, 1.807) is 36.5 Å². The maximum absolute atomic E-state index is 11.6. The van der Waals surface area contributed by atoms with Gasteiger partial charge in [-0.05, 0) is 41.6 Å². The number of imidazole rings is 1. The van der Waals surface area contributed by atoms with Gasteiger partial charge in [0.15, 0.2) is 5.82 Å². The monoisotopic (exact) mass is 390 g/mol. The third-order valence-electron chi connectivity index (χ3n) is 3.49. The number of hydrogen-bond donors (Lipinski definition) is 2. The lowest BCUT2D eigenvalue weighted by molar-refractivity contribution is -0.115. The van der Waals surface area contributed by atoms with Crippen LogP contribution in [0.4, 0.5) is 4.79 Å². The van der Waals surface area contributed by atoms with Crippen molar-refractivity contribution >= 4 is 63.2 Å². The maximum Gasteiger partial charge on any atom is 0.290 e. The summed E-state index contributed by atoms with van der Waals surface area (Å²) in [6.07, 6.45) is 3.21. The predicted octanol–water partition coefficient (Wildman–Crippen LogP) is 4.26. The van der Waals surface area contributed by atoms with Crippen molar-refractivity contribution in [3.8, 4) is 11.5 Å². The van der Waals surface area contributed by atoms with Gasteiger partial charge in [0.1, 0.15) is 5.69 Å². The molecule has 2 aromatic heterocycles. The Morgan fingerprint density at radius 2 is 1.92 bits per heavy atom. The van der Waals surface area contributed by atoms with Gasteiger partial charge in [-0.25, -0.2) is 4.98 Å². The van der Waals surface area contributed by atoms with Crippen molar-refractivity contribution in [2.24, 2.45) is 0 Å². The number of imide groups is 1. The molecule has 1 fully saturated rings. The van der Waals surface area contributed by atoms with Crippen LogP contribution in [0.15, 0.2) is 35.4 Å². The van der Waals surface area contributed by atoms with E-state index in [0.29, 0.717) is 37.5 Å². The molecule has 2 N–H and O–H groups in total. The molecule has 1 saturated heterocycles. The fourth-order valence-electron chi connectivity index (χ4n) is 2.33. The molecule has 1 aliphatic rings. The molecular weight excluding hydrogens is 383 g/mol. The summed E-state index contributed by atoms with van der Waals surface area (Å²) in [6, 6.07) is 6.96. The van der Waals surface area contributed by atoms with Gasteiger partial charge < -0.3 is 4.98 Å². The number of benzene rings is 1. The smallest absolute Gasteiger partial charge is 0.290 e. The molecule has 9 heteroatoms. The van der Waals surface area contributed by atoms with Gasteiger partial charge in [0.05, 0.1) is 26.0 Å². The first-order valence-electron chi connectivity index (χ1n) is 7.05. The number of nitrogens with zero attached hydrogens (tertiary/aromatic N) is 2. The number of amides is 2. The van der Waals surface area contributed by atoms with E-state index in [1.165, 1.54) is 0 Å². The van der Waals surface area contributed by atoms with E-state index in [0.717, 1.165) is 17.3 Å². The van der Waals surface area contributed by atoms with E-state index in [2.05, 4.69) is 20.3 Å². The molecule has 124 valence electrons. The van der Waals surface area contributed by atoms with Crippen molar-refractivity contribution in [1.82, 2.24) is 20.3 Å². The number of H-pyrrole nitrogens is 1. The molecule has 0 spiro atoms. The van der Waals surface area contributed by atoms with E-state index in [-0.39, 0.29) is 5.24 Å². The summed E-state index contributed by atoms with van der Waals surface area (Å²) in [5.41, 5.74) is 2.79. The number of nitrogens with one attached hydrogen (secondary N) is 2. The van der Waals surface area contributed by atoms with E-state index in [4.69, 9.17) is 23.2 Å². The molecule has 3 aromatic rings. The highest BCUT2D eigenvalue weighted by atomic mass is 35.5. The van der Waals surface area contributed by atoms with Gasteiger partial charge in [0.2, 0.25) is 0 Å². The average molecular weight is 391 g/mol. The summed E-state index contributed by atoms with van der Waals surface area (Å²) in [5, 5.41) is 2.71. The Hall–Kier alpha value is -2.35. The second kappa shape index (κ2) is 6.18. The Labute approximate surface area is 155 Å². The van der Waals surface area contributed by atoms with Crippen LogP contribution in [0.25, 0.3) is 28.6 Å². The zero-order chi connectivity index (χ0) is 17.6. The van der Waals surface area contributed by atoms with Gasteiger partial charge in [-0.15, -0.1) is 0 Å². The molecule has 4 rings (SSSR count). The summed E-state index contributed by atoms with van der Waals surface area (Å²) in [5.74, 6) is 0.181. The lowest BCUT2D eigenvalue weighted by Gasteiger charge is -1.98. The van der Waals surface area contributed by atoms with Gasteiger partial charge >= 0.3 is 0 Å². The van der Waals surface area contributed by atoms with Gasteiger partial charge in [-0.2, -0.15) is 0 Å². The lowest BCUT2D eigenvalue weighted by Crippen LogP contribution is -2.17. The van der Waals surface area contributed by atoms with Crippen molar-refractivity contribution in [3.05, 3.63) is 51.0 Å². The number of halogens is 2. The van der Waals surface area contributed by atoms with Crippen LogP contribution in [0.3, 0.4) is 0 Å². The van der Waals surface area contributed by atoms with Gasteiger partial charge in [0.25, 0.3) is 11.1 Å². The fourth-order valence-corrected chi connectivity index (χ4v) is 3.33. The molecule has 0 saturated carbocycles. The van der Waals surface area contributed by atoms with Crippen molar-refractivity contribution in [2.75, 3.05) is 0 Å². The second-order valence-corrected chi connectivity index (χ2v) is 7.03. The van der Waals surface area contributed by atoms with E-state index >= 15 is 0 Å². The minimum Gasteiger partial charge on any atom is -0.337 e. The summed E-state index contributed by atoms with van der Waals surface area (Å²) >= 11 is 12.9. The van der Waals surface area contributed by atoms with Crippen LogP contribution in [-0.4, -0.2) is 26.1 Å². The molecule has 0 bridgehead atoms. The van der Waals surface area contributed by atoms with Crippen LogP contribution in [0.1, 0.15) is 5.56 Å². The minimum absolute atomic E-state index is 0.340. The molecular formula is C16H8Cl2N4O2S. The number of thioether (sulfide) groups is 1. The molecule has 0 radical (unpaired) electrons. The first-order valence-corrected chi connectivity index (χ1v) is 8.63. The summed E-state index contributed by atoms with van der Waals surface area (Å²) in [4.78, 5) is 35.0. The molecule has 25 heavy (non-hydrogen) atoms. The highest BCUT2D eigenvalue weighted by Crippen LogP contribution is 2.29. The Morgan fingerprint density at radius 3 is 2.60 bits per heavy atom. The third kappa shape index (κ3) is 3.13. The Kier molecular flexibility index (Phi) is 3.99. The van der Waals surface area contributed by atoms with Gasteiger partial charge in [-0.3, -0.25) is 19.9 Å². The summed E-state index contributed by atoms with van der Waals surface area (Å²) < 4.78 is 0.